The number of rotatable bonds is 7. The second kappa shape index (κ2) is 6.95. The van der Waals surface area contributed by atoms with Crippen molar-refractivity contribution in [2.75, 3.05) is 13.2 Å². The maximum Gasteiger partial charge on any atom is 0.274 e. The maximum absolute atomic E-state index is 5.30. The van der Waals surface area contributed by atoms with Gasteiger partial charge in [0.05, 0.1) is 13.2 Å². The highest BCUT2D eigenvalue weighted by Gasteiger charge is 2.15. The summed E-state index contributed by atoms with van der Waals surface area (Å²) in [5.74, 6) is 5.23. The van der Waals surface area contributed by atoms with Gasteiger partial charge in [-0.05, 0) is 24.6 Å². The van der Waals surface area contributed by atoms with Crippen LogP contribution in [0.2, 0.25) is 0 Å². The first-order chi connectivity index (χ1) is 5.68. The Labute approximate surface area is 79.0 Å². The molecule has 0 saturated heterocycles. The van der Waals surface area contributed by atoms with Gasteiger partial charge in [0.2, 0.25) is 0 Å². The lowest BCUT2D eigenvalue weighted by Crippen LogP contribution is -2.21. The van der Waals surface area contributed by atoms with Crippen LogP contribution < -0.4 is 11.0 Å². The fourth-order valence-corrected chi connectivity index (χ4v) is 2.05. The van der Waals surface area contributed by atoms with Crippen LogP contribution in [0, 0.1) is 0 Å². The summed E-state index contributed by atoms with van der Waals surface area (Å²) >= 11 is 5.06. The Kier molecular flexibility index (Phi) is 7.23. The van der Waals surface area contributed by atoms with Gasteiger partial charge in [0.15, 0.2) is 0 Å². The second-order valence-corrected chi connectivity index (χ2v) is 5.50. The summed E-state index contributed by atoms with van der Waals surface area (Å²) in [6.45, 7) is 2.82. The average molecular weight is 212 g/mol. The van der Waals surface area contributed by atoms with Crippen molar-refractivity contribution in [1.82, 2.24) is 5.20 Å². The summed E-state index contributed by atoms with van der Waals surface area (Å²) in [5, 5.41) is 2.43. The Morgan fingerprint density at radius 1 is 1.25 bits per heavy atom. The first-order valence-electron chi connectivity index (χ1n) is 4.05. The number of nitrogens with two attached hydrogens (primary N) is 1. The molecular weight excluding hydrogens is 195 g/mol. The molecule has 0 heterocycles. The molecule has 12 heavy (non-hydrogen) atoms. The first kappa shape index (κ1) is 12.5. The molecule has 0 spiro atoms. The van der Waals surface area contributed by atoms with Crippen molar-refractivity contribution < 1.29 is 9.05 Å². The van der Waals surface area contributed by atoms with Crippen molar-refractivity contribution in [3.8, 4) is 0 Å². The lowest BCUT2D eigenvalue weighted by atomic mass is 10.5. The molecule has 4 nitrogen and oxygen atoms in total. The molecule has 0 atom stereocenters. The number of hydrogen-bond acceptors (Lipinski definition) is 4. The molecule has 0 bridgehead atoms. The molecule has 0 radical (unpaired) electrons. The number of nitrogens with one attached hydrogen (secondary N) is 1. The normalized spacial score (nSPS) is 11.9. The van der Waals surface area contributed by atoms with Gasteiger partial charge in [-0.3, -0.25) is 5.84 Å². The fourth-order valence-electron chi connectivity index (χ4n) is 0.535. The van der Waals surface area contributed by atoms with Crippen molar-refractivity contribution >= 4 is 18.4 Å². The number of hydrogen-bond donors (Lipinski definition) is 2. The molecule has 0 saturated carbocycles. The van der Waals surface area contributed by atoms with E-state index in [1.807, 2.05) is 13.8 Å². The molecule has 0 aromatic rings. The van der Waals surface area contributed by atoms with Crippen LogP contribution in [-0.2, 0) is 20.9 Å². The summed E-state index contributed by atoms with van der Waals surface area (Å²) in [6, 6.07) is 0. The van der Waals surface area contributed by atoms with Gasteiger partial charge >= 0.3 is 0 Å². The molecule has 0 fully saturated rings. The van der Waals surface area contributed by atoms with E-state index < -0.39 is 6.64 Å². The van der Waals surface area contributed by atoms with E-state index in [4.69, 9.17) is 26.7 Å². The zero-order chi connectivity index (χ0) is 9.45. The molecule has 0 aliphatic carbocycles. The van der Waals surface area contributed by atoms with Gasteiger partial charge in [-0.25, -0.2) is 0 Å². The van der Waals surface area contributed by atoms with Crippen molar-refractivity contribution in [2.24, 2.45) is 5.84 Å². The lowest BCUT2D eigenvalue weighted by molar-refractivity contribution is 0.239. The summed E-state index contributed by atoms with van der Waals surface area (Å²) < 4.78 is 10.6. The Morgan fingerprint density at radius 3 is 1.92 bits per heavy atom. The molecule has 0 aromatic heterocycles. The topological polar surface area (TPSA) is 56.5 Å². The second-order valence-electron chi connectivity index (χ2n) is 2.29. The van der Waals surface area contributed by atoms with Crippen LogP contribution in [0.1, 0.15) is 26.7 Å². The van der Waals surface area contributed by atoms with Crippen molar-refractivity contribution in [1.29, 1.82) is 0 Å². The van der Waals surface area contributed by atoms with Gasteiger partial charge in [-0.1, -0.05) is 13.8 Å². The highest BCUT2D eigenvalue weighted by atomic mass is 32.5. The van der Waals surface area contributed by atoms with Gasteiger partial charge in [-0.2, -0.15) is 5.20 Å². The van der Waals surface area contributed by atoms with Crippen molar-refractivity contribution in [3.63, 3.8) is 0 Å². The van der Waals surface area contributed by atoms with Crippen LogP contribution in [-0.4, -0.2) is 13.2 Å². The predicted octanol–water partition coefficient (Wildman–Crippen LogP) is 1.53. The average Bonchev–Trinajstić information content (AvgIpc) is 2.11. The summed E-state index contributed by atoms with van der Waals surface area (Å²) in [4.78, 5) is 0. The van der Waals surface area contributed by atoms with Crippen LogP contribution in [0.4, 0.5) is 0 Å². The van der Waals surface area contributed by atoms with E-state index in [9.17, 15) is 0 Å². The minimum Gasteiger partial charge on any atom is -0.317 e. The number of hydrazine groups is 1. The van der Waals surface area contributed by atoms with E-state index >= 15 is 0 Å². The van der Waals surface area contributed by atoms with Crippen LogP contribution in [0.25, 0.3) is 0 Å². The van der Waals surface area contributed by atoms with Crippen molar-refractivity contribution in [3.05, 3.63) is 0 Å². The molecule has 6 heteroatoms. The fraction of sp³-hybridized carbons (Fsp3) is 1.00. The van der Waals surface area contributed by atoms with E-state index in [0.717, 1.165) is 12.8 Å². The van der Waals surface area contributed by atoms with Gasteiger partial charge < -0.3 is 9.05 Å². The summed E-state index contributed by atoms with van der Waals surface area (Å²) in [5.41, 5.74) is 0. The quantitative estimate of drug-likeness (QED) is 0.381. The Morgan fingerprint density at radius 2 is 1.67 bits per heavy atom. The van der Waals surface area contributed by atoms with Crippen molar-refractivity contribution in [2.45, 2.75) is 26.7 Å². The standard InChI is InChI=1S/C6H17N2O2PS/c1-3-5-9-11(12,8-7)10-6-4-2/h3-7H2,1-2H3,(H,8,12). The molecule has 0 unspecified atom stereocenters. The van der Waals surface area contributed by atoms with E-state index in [2.05, 4.69) is 5.20 Å². The largest absolute Gasteiger partial charge is 0.317 e. The van der Waals surface area contributed by atoms with E-state index in [-0.39, 0.29) is 0 Å². The minimum absolute atomic E-state index is 0.588. The van der Waals surface area contributed by atoms with Gasteiger partial charge in [-0.15, -0.1) is 0 Å². The van der Waals surface area contributed by atoms with Crippen LogP contribution >= 0.6 is 6.64 Å². The third-order valence-electron chi connectivity index (χ3n) is 1.09. The lowest BCUT2D eigenvalue weighted by Gasteiger charge is -2.19. The van der Waals surface area contributed by atoms with Crippen LogP contribution in [0.3, 0.4) is 0 Å². The molecule has 0 aliphatic rings. The zero-order valence-corrected chi connectivity index (χ0v) is 9.29. The van der Waals surface area contributed by atoms with Gasteiger partial charge in [0.25, 0.3) is 6.64 Å². The summed E-state index contributed by atoms with van der Waals surface area (Å²) in [6.07, 6.45) is 1.82. The Bertz CT molecular complexity index is 144. The monoisotopic (exact) mass is 212 g/mol. The molecule has 3 N–H and O–H groups in total. The van der Waals surface area contributed by atoms with Crippen LogP contribution in [0.5, 0.6) is 0 Å². The molecular formula is C6H17N2O2PS. The first-order valence-corrected chi connectivity index (χ1v) is 6.69. The van der Waals surface area contributed by atoms with Gasteiger partial charge in [0.1, 0.15) is 0 Å². The molecule has 0 rings (SSSR count). The van der Waals surface area contributed by atoms with E-state index in [1.54, 1.807) is 0 Å². The molecule has 0 amide bonds. The molecule has 0 aromatic carbocycles. The highest BCUT2D eigenvalue weighted by Crippen LogP contribution is 2.42. The smallest absolute Gasteiger partial charge is 0.274 e. The van der Waals surface area contributed by atoms with E-state index in [1.165, 1.54) is 0 Å². The van der Waals surface area contributed by atoms with E-state index in [0.29, 0.717) is 13.2 Å². The van der Waals surface area contributed by atoms with Gasteiger partial charge in [0, 0.05) is 0 Å². The Balaban J connectivity index is 3.79. The third-order valence-corrected chi connectivity index (χ3v) is 3.40. The SMILES string of the molecule is CCCOP(=S)(NN)OCCC. The zero-order valence-electron chi connectivity index (χ0n) is 7.58. The predicted molar refractivity (Wildman–Crippen MR) is 54.1 cm³/mol. The third kappa shape index (κ3) is 5.19. The summed E-state index contributed by atoms with van der Waals surface area (Å²) in [7, 11) is 0. The maximum atomic E-state index is 5.30. The highest BCUT2D eigenvalue weighted by molar-refractivity contribution is 8.08. The Hall–Kier alpha value is 0.490. The minimum atomic E-state index is -2.37. The van der Waals surface area contributed by atoms with Crippen LogP contribution in [0.15, 0.2) is 0 Å². The molecule has 0 aliphatic heterocycles. The molecule has 74 valence electrons.